The molecule has 1 aliphatic heterocycles. The number of hydrogen-bond acceptors (Lipinski definition) is 1. The van der Waals surface area contributed by atoms with Gasteiger partial charge in [0.2, 0.25) is 0 Å². The number of rotatable bonds is 0. The second-order valence-electron chi connectivity index (χ2n) is 7.38. The zero-order chi connectivity index (χ0) is 12.8. The Morgan fingerprint density at radius 1 is 1.11 bits per heavy atom. The molecule has 1 saturated heterocycles. The second kappa shape index (κ2) is 4.47. The molecule has 104 valence electrons. The van der Waals surface area contributed by atoms with E-state index in [1.54, 1.807) is 0 Å². The Morgan fingerprint density at radius 2 is 1.83 bits per heavy atom. The lowest BCUT2D eigenvalue weighted by Crippen LogP contribution is -2.57. The van der Waals surface area contributed by atoms with Gasteiger partial charge in [-0.1, -0.05) is 32.6 Å². The molecule has 0 aromatic rings. The average molecular weight is 254 g/mol. The lowest BCUT2D eigenvalue weighted by molar-refractivity contribution is -0.229. The Labute approximate surface area is 110 Å². The van der Waals surface area contributed by atoms with Gasteiger partial charge in [-0.2, -0.15) is 0 Å². The molecule has 18 heavy (non-hydrogen) atoms. The maximum absolute atomic E-state index is 15.1. The van der Waals surface area contributed by atoms with Crippen LogP contribution in [0, 0.1) is 11.8 Å². The van der Waals surface area contributed by atoms with Gasteiger partial charge in [-0.25, -0.2) is 4.39 Å². The Hall–Kier alpha value is -0.110. The van der Waals surface area contributed by atoms with Crippen molar-refractivity contribution in [3.63, 3.8) is 0 Å². The summed E-state index contributed by atoms with van der Waals surface area (Å²) in [5, 5.41) is 0. The van der Waals surface area contributed by atoms with Crippen molar-refractivity contribution < 1.29 is 9.13 Å². The highest BCUT2D eigenvalue weighted by Crippen LogP contribution is 2.52. The fraction of sp³-hybridized carbons (Fsp3) is 1.00. The molecule has 0 bridgehead atoms. The highest BCUT2D eigenvalue weighted by atomic mass is 19.1. The minimum absolute atomic E-state index is 0.111. The molecule has 0 N–H and O–H groups in total. The molecule has 0 radical (unpaired) electrons. The third-order valence-electron chi connectivity index (χ3n) is 5.66. The maximum Gasteiger partial charge on any atom is 0.116 e. The van der Waals surface area contributed by atoms with E-state index in [2.05, 4.69) is 6.92 Å². The largest absolute Gasteiger partial charge is 0.371 e. The fourth-order valence-electron chi connectivity index (χ4n) is 4.76. The van der Waals surface area contributed by atoms with Crippen LogP contribution in [0.4, 0.5) is 4.39 Å². The van der Waals surface area contributed by atoms with Crippen molar-refractivity contribution in [2.75, 3.05) is 0 Å². The van der Waals surface area contributed by atoms with Crippen molar-refractivity contribution in [3.05, 3.63) is 0 Å². The van der Waals surface area contributed by atoms with Gasteiger partial charge in [-0.05, 0) is 38.5 Å². The molecular formula is C16H27FO. The van der Waals surface area contributed by atoms with Gasteiger partial charge in [0.25, 0.3) is 0 Å². The van der Waals surface area contributed by atoms with Crippen LogP contribution in [0.25, 0.3) is 0 Å². The van der Waals surface area contributed by atoms with Gasteiger partial charge in [0.05, 0.1) is 11.7 Å². The van der Waals surface area contributed by atoms with Crippen LogP contribution in [0.2, 0.25) is 0 Å². The first kappa shape index (κ1) is 12.9. The second-order valence-corrected chi connectivity index (χ2v) is 7.38. The van der Waals surface area contributed by atoms with Crippen LogP contribution in [0.5, 0.6) is 0 Å². The van der Waals surface area contributed by atoms with Gasteiger partial charge in [-0.15, -0.1) is 0 Å². The zero-order valence-electron chi connectivity index (χ0n) is 11.9. The van der Waals surface area contributed by atoms with Gasteiger partial charge in [0.15, 0.2) is 0 Å². The van der Waals surface area contributed by atoms with Crippen molar-refractivity contribution in [1.82, 2.24) is 0 Å². The Bertz CT molecular complexity index is 306. The summed E-state index contributed by atoms with van der Waals surface area (Å²) in [7, 11) is 0. The average Bonchev–Trinajstić information content (AvgIpc) is 2.27. The molecule has 1 nitrogen and oxygen atoms in total. The maximum atomic E-state index is 15.1. The summed E-state index contributed by atoms with van der Waals surface area (Å²) in [5.41, 5.74) is -1.11. The number of halogens is 1. The van der Waals surface area contributed by atoms with E-state index in [-0.39, 0.29) is 17.6 Å². The van der Waals surface area contributed by atoms with Crippen molar-refractivity contribution >= 4 is 0 Å². The summed E-state index contributed by atoms with van der Waals surface area (Å²) in [6.45, 7) is 4.14. The number of hydrogen-bond donors (Lipinski definition) is 0. The Kier molecular flexibility index (Phi) is 3.20. The van der Waals surface area contributed by atoms with Crippen molar-refractivity contribution in [2.45, 2.75) is 89.0 Å². The van der Waals surface area contributed by atoms with Crippen LogP contribution >= 0.6 is 0 Å². The molecule has 3 aliphatic rings. The van der Waals surface area contributed by atoms with E-state index >= 15 is 4.39 Å². The number of ether oxygens (including phenoxy) is 1. The van der Waals surface area contributed by atoms with E-state index in [1.165, 1.54) is 25.7 Å². The highest BCUT2D eigenvalue weighted by Gasteiger charge is 2.54. The molecule has 3 rings (SSSR count). The van der Waals surface area contributed by atoms with Crippen LogP contribution in [0.1, 0.15) is 71.6 Å². The van der Waals surface area contributed by atoms with Crippen LogP contribution in [0.3, 0.4) is 0 Å². The summed E-state index contributed by atoms with van der Waals surface area (Å²) >= 11 is 0. The van der Waals surface area contributed by atoms with E-state index in [0.29, 0.717) is 12.3 Å². The third-order valence-corrected chi connectivity index (χ3v) is 5.66. The third kappa shape index (κ3) is 2.21. The standard InChI is InChI=1S/C16H27FO/c1-12-6-7-13-14(10-12)18-16(11-15(13,2)17)8-4-3-5-9-16/h12-14H,3-11H2,1-2H3/t12-,13-,14-,15+/m1/s1. The van der Waals surface area contributed by atoms with Crippen molar-refractivity contribution in [3.8, 4) is 0 Å². The molecule has 4 atom stereocenters. The van der Waals surface area contributed by atoms with Gasteiger partial charge in [0.1, 0.15) is 5.67 Å². The molecule has 1 spiro atoms. The summed E-state index contributed by atoms with van der Waals surface area (Å²) in [5.74, 6) is 0.863. The molecule has 0 aromatic carbocycles. The zero-order valence-corrected chi connectivity index (χ0v) is 11.9. The monoisotopic (exact) mass is 254 g/mol. The quantitative estimate of drug-likeness (QED) is 0.612. The molecule has 0 amide bonds. The smallest absolute Gasteiger partial charge is 0.116 e. The molecule has 3 fully saturated rings. The summed E-state index contributed by atoms with van der Waals surface area (Å²) in [6, 6.07) is 0. The number of fused-ring (bicyclic) bond motifs is 1. The summed E-state index contributed by atoms with van der Waals surface area (Å²) in [6.07, 6.45) is 10.0. The lowest BCUT2D eigenvalue weighted by atomic mass is 9.65. The topological polar surface area (TPSA) is 9.23 Å². The number of alkyl halides is 1. The van der Waals surface area contributed by atoms with Gasteiger partial charge >= 0.3 is 0 Å². The van der Waals surface area contributed by atoms with Gasteiger partial charge in [0, 0.05) is 12.3 Å². The Morgan fingerprint density at radius 3 is 2.56 bits per heavy atom. The van der Waals surface area contributed by atoms with Crippen LogP contribution in [-0.4, -0.2) is 17.4 Å². The van der Waals surface area contributed by atoms with Crippen LogP contribution in [0.15, 0.2) is 0 Å². The van der Waals surface area contributed by atoms with E-state index in [4.69, 9.17) is 4.74 Å². The van der Waals surface area contributed by atoms with E-state index in [9.17, 15) is 0 Å². The van der Waals surface area contributed by atoms with Crippen molar-refractivity contribution in [1.29, 1.82) is 0 Å². The molecule has 1 heterocycles. The minimum Gasteiger partial charge on any atom is -0.371 e. The van der Waals surface area contributed by atoms with E-state index in [0.717, 1.165) is 25.7 Å². The van der Waals surface area contributed by atoms with Crippen LogP contribution < -0.4 is 0 Å². The minimum atomic E-state index is -1.000. The predicted molar refractivity (Wildman–Crippen MR) is 71.3 cm³/mol. The molecular weight excluding hydrogens is 227 g/mol. The molecule has 2 aliphatic carbocycles. The summed E-state index contributed by atoms with van der Waals surface area (Å²) < 4.78 is 21.6. The SMILES string of the molecule is C[C@@H]1CC[C@@H]2[C@@H](C1)OC1(CCCCC1)C[C@]2(C)F. The van der Waals surface area contributed by atoms with E-state index in [1.807, 2.05) is 6.92 Å². The normalized spacial score (nSPS) is 47.8. The molecule has 0 aromatic heterocycles. The lowest BCUT2D eigenvalue weighted by Gasteiger charge is -2.54. The first-order valence-electron chi connectivity index (χ1n) is 7.88. The first-order valence-corrected chi connectivity index (χ1v) is 7.88. The van der Waals surface area contributed by atoms with Crippen LogP contribution in [-0.2, 0) is 4.74 Å². The van der Waals surface area contributed by atoms with Gasteiger partial charge in [-0.3, -0.25) is 0 Å². The highest BCUT2D eigenvalue weighted by molar-refractivity contribution is 5.03. The molecule has 2 saturated carbocycles. The van der Waals surface area contributed by atoms with Gasteiger partial charge < -0.3 is 4.74 Å². The molecule has 0 unspecified atom stereocenters. The van der Waals surface area contributed by atoms with Crippen molar-refractivity contribution in [2.24, 2.45) is 11.8 Å². The first-order chi connectivity index (χ1) is 8.51. The fourth-order valence-corrected chi connectivity index (χ4v) is 4.76. The predicted octanol–water partition coefficient (Wildman–Crippen LogP) is 4.64. The Balaban J connectivity index is 1.81. The summed E-state index contributed by atoms with van der Waals surface area (Å²) in [4.78, 5) is 0. The van der Waals surface area contributed by atoms with E-state index < -0.39 is 5.67 Å². The molecule has 2 heteroatoms.